The van der Waals surface area contributed by atoms with Gasteiger partial charge in [0.1, 0.15) is 11.6 Å². The number of halogens is 1. The second-order valence-electron chi connectivity index (χ2n) is 7.50. The highest BCUT2D eigenvalue weighted by molar-refractivity contribution is 5.56. The Morgan fingerprint density at radius 1 is 1.00 bits per heavy atom. The van der Waals surface area contributed by atoms with Gasteiger partial charge in [-0.1, -0.05) is 5.16 Å². The van der Waals surface area contributed by atoms with Gasteiger partial charge in [0.25, 0.3) is 0 Å². The number of aromatic nitrogens is 3. The number of hydrogen-bond acceptors (Lipinski definition) is 7. The summed E-state index contributed by atoms with van der Waals surface area (Å²) in [5.74, 6) is 2.33. The smallest absolute Gasteiger partial charge is 0.231 e. The minimum absolute atomic E-state index is 0.203. The van der Waals surface area contributed by atoms with Crippen LogP contribution < -0.4 is 15.1 Å². The van der Waals surface area contributed by atoms with E-state index in [1.165, 1.54) is 12.1 Å². The van der Waals surface area contributed by atoms with Crippen LogP contribution >= 0.6 is 0 Å². The summed E-state index contributed by atoms with van der Waals surface area (Å²) in [4.78, 5) is 13.7. The second kappa shape index (κ2) is 7.79. The van der Waals surface area contributed by atoms with Crippen molar-refractivity contribution < 1.29 is 8.91 Å². The van der Waals surface area contributed by atoms with Gasteiger partial charge in [-0.3, -0.25) is 0 Å². The summed E-state index contributed by atoms with van der Waals surface area (Å²) < 4.78 is 18.6. The SMILES string of the molecule is Fc1ccc(N2CCN(c3ccc(-c4noc([C@H]5CCNC5)n4)cn3)CC2)cc1. The molecule has 4 heterocycles. The third-order valence-corrected chi connectivity index (χ3v) is 5.65. The molecule has 2 fully saturated rings. The molecule has 0 amide bonds. The molecule has 0 unspecified atom stereocenters. The maximum absolute atomic E-state index is 13.1. The van der Waals surface area contributed by atoms with Crippen molar-refractivity contribution in [2.45, 2.75) is 12.3 Å². The first-order valence-corrected chi connectivity index (χ1v) is 10.0. The lowest BCUT2D eigenvalue weighted by atomic mass is 10.1. The first-order valence-electron chi connectivity index (χ1n) is 10.0. The van der Waals surface area contributed by atoms with Crippen LogP contribution in [0.4, 0.5) is 15.9 Å². The van der Waals surface area contributed by atoms with E-state index in [0.717, 1.165) is 62.8 Å². The zero-order chi connectivity index (χ0) is 19.6. The van der Waals surface area contributed by atoms with Gasteiger partial charge in [-0.25, -0.2) is 9.37 Å². The van der Waals surface area contributed by atoms with E-state index in [1.807, 2.05) is 30.5 Å². The summed E-state index contributed by atoms with van der Waals surface area (Å²) in [6.07, 6.45) is 2.84. The van der Waals surface area contributed by atoms with Crippen molar-refractivity contribution in [1.82, 2.24) is 20.4 Å². The standard InChI is InChI=1S/C21H23FN6O/c22-17-2-4-18(5-3-17)27-9-11-28(12-10-27)19-6-1-15(14-24-19)20-25-21(29-26-20)16-7-8-23-13-16/h1-6,14,16,23H,7-13H2/t16-/m0/s1. The van der Waals surface area contributed by atoms with E-state index >= 15 is 0 Å². The van der Waals surface area contributed by atoms with Crippen molar-refractivity contribution in [3.63, 3.8) is 0 Å². The highest BCUT2D eigenvalue weighted by Crippen LogP contribution is 2.25. The largest absolute Gasteiger partial charge is 0.368 e. The van der Waals surface area contributed by atoms with Crippen molar-refractivity contribution in [2.24, 2.45) is 0 Å². The fraction of sp³-hybridized carbons (Fsp3) is 0.381. The number of hydrogen-bond donors (Lipinski definition) is 1. The second-order valence-corrected chi connectivity index (χ2v) is 7.50. The molecule has 1 N–H and O–H groups in total. The fourth-order valence-electron chi connectivity index (χ4n) is 3.93. The maximum Gasteiger partial charge on any atom is 0.231 e. The van der Waals surface area contributed by atoms with Gasteiger partial charge in [-0.05, 0) is 49.4 Å². The average Bonchev–Trinajstić information content (AvgIpc) is 3.47. The summed E-state index contributed by atoms with van der Waals surface area (Å²) in [5.41, 5.74) is 1.92. The van der Waals surface area contributed by atoms with E-state index in [2.05, 4.69) is 30.2 Å². The molecular formula is C21H23FN6O. The number of nitrogens with zero attached hydrogens (tertiary/aromatic N) is 5. The quantitative estimate of drug-likeness (QED) is 0.730. The van der Waals surface area contributed by atoms with Crippen LogP contribution in [0, 0.1) is 5.82 Å². The van der Waals surface area contributed by atoms with Crippen LogP contribution in [0.25, 0.3) is 11.4 Å². The number of pyridine rings is 1. The molecule has 0 spiro atoms. The fourth-order valence-corrected chi connectivity index (χ4v) is 3.93. The first-order chi connectivity index (χ1) is 14.3. The van der Waals surface area contributed by atoms with Crippen LogP contribution in [0.15, 0.2) is 47.1 Å². The minimum atomic E-state index is -0.203. The highest BCUT2D eigenvalue weighted by atomic mass is 19.1. The predicted octanol–water partition coefficient (Wildman–Crippen LogP) is 2.67. The van der Waals surface area contributed by atoms with Gasteiger partial charge >= 0.3 is 0 Å². The Bertz CT molecular complexity index is 944. The van der Waals surface area contributed by atoms with Gasteiger partial charge < -0.3 is 19.6 Å². The zero-order valence-corrected chi connectivity index (χ0v) is 16.1. The molecule has 0 bridgehead atoms. The molecule has 0 radical (unpaired) electrons. The summed E-state index contributed by atoms with van der Waals surface area (Å²) in [7, 11) is 0. The van der Waals surface area contributed by atoms with Gasteiger partial charge in [0, 0.05) is 50.2 Å². The molecule has 3 aromatic rings. The molecule has 7 nitrogen and oxygen atoms in total. The molecule has 2 saturated heterocycles. The van der Waals surface area contributed by atoms with Crippen LogP contribution in [-0.4, -0.2) is 54.4 Å². The van der Waals surface area contributed by atoms with E-state index in [0.29, 0.717) is 17.6 Å². The van der Waals surface area contributed by atoms with Gasteiger partial charge in [0.15, 0.2) is 0 Å². The average molecular weight is 394 g/mol. The maximum atomic E-state index is 13.1. The number of anilines is 2. The van der Waals surface area contributed by atoms with Crippen molar-refractivity contribution in [3.05, 3.63) is 54.3 Å². The lowest BCUT2D eigenvalue weighted by Crippen LogP contribution is -2.46. The van der Waals surface area contributed by atoms with E-state index in [4.69, 9.17) is 4.52 Å². The Morgan fingerprint density at radius 3 is 2.48 bits per heavy atom. The third-order valence-electron chi connectivity index (χ3n) is 5.65. The molecule has 2 aliphatic heterocycles. The Hall–Kier alpha value is -3.00. The van der Waals surface area contributed by atoms with Gasteiger partial charge in [-0.15, -0.1) is 0 Å². The lowest BCUT2D eigenvalue weighted by Gasteiger charge is -2.36. The summed E-state index contributed by atoms with van der Waals surface area (Å²) >= 11 is 0. The third kappa shape index (κ3) is 3.80. The molecule has 1 atom stereocenters. The summed E-state index contributed by atoms with van der Waals surface area (Å²) in [5, 5.41) is 7.44. The zero-order valence-electron chi connectivity index (χ0n) is 16.1. The number of benzene rings is 1. The van der Waals surface area contributed by atoms with Crippen LogP contribution in [0.5, 0.6) is 0 Å². The molecule has 29 heavy (non-hydrogen) atoms. The minimum Gasteiger partial charge on any atom is -0.368 e. The number of rotatable bonds is 4. The van der Waals surface area contributed by atoms with E-state index in [9.17, 15) is 4.39 Å². The molecule has 5 rings (SSSR count). The van der Waals surface area contributed by atoms with Gasteiger partial charge in [0.2, 0.25) is 11.7 Å². The molecule has 8 heteroatoms. The Morgan fingerprint density at radius 2 is 1.79 bits per heavy atom. The van der Waals surface area contributed by atoms with Crippen LogP contribution in [0.3, 0.4) is 0 Å². The molecular weight excluding hydrogens is 371 g/mol. The van der Waals surface area contributed by atoms with Crippen LogP contribution in [0.1, 0.15) is 18.2 Å². The van der Waals surface area contributed by atoms with Crippen molar-refractivity contribution in [1.29, 1.82) is 0 Å². The number of piperazine rings is 1. The summed E-state index contributed by atoms with van der Waals surface area (Å²) in [6.45, 7) is 5.36. The molecule has 150 valence electrons. The van der Waals surface area contributed by atoms with Crippen molar-refractivity contribution in [2.75, 3.05) is 49.1 Å². The van der Waals surface area contributed by atoms with Crippen molar-refractivity contribution >= 4 is 11.5 Å². The van der Waals surface area contributed by atoms with Crippen molar-refractivity contribution in [3.8, 4) is 11.4 Å². The number of nitrogens with one attached hydrogen (secondary N) is 1. The lowest BCUT2D eigenvalue weighted by molar-refractivity contribution is 0.359. The Kier molecular flexibility index (Phi) is 4.85. The molecule has 0 aliphatic carbocycles. The normalized spacial score (nSPS) is 19.7. The Balaban J connectivity index is 1.22. The topological polar surface area (TPSA) is 70.3 Å². The highest BCUT2D eigenvalue weighted by Gasteiger charge is 2.23. The Labute approximate surface area is 168 Å². The van der Waals surface area contributed by atoms with E-state index in [1.54, 1.807) is 0 Å². The molecule has 0 saturated carbocycles. The van der Waals surface area contributed by atoms with E-state index in [-0.39, 0.29) is 5.82 Å². The van der Waals surface area contributed by atoms with E-state index < -0.39 is 0 Å². The predicted molar refractivity (Wildman–Crippen MR) is 109 cm³/mol. The van der Waals surface area contributed by atoms with Crippen LogP contribution in [-0.2, 0) is 0 Å². The molecule has 2 aromatic heterocycles. The molecule has 1 aromatic carbocycles. The van der Waals surface area contributed by atoms with Gasteiger partial charge in [0.05, 0.1) is 5.92 Å². The van der Waals surface area contributed by atoms with Crippen LogP contribution in [0.2, 0.25) is 0 Å². The van der Waals surface area contributed by atoms with Gasteiger partial charge in [-0.2, -0.15) is 4.98 Å². The monoisotopic (exact) mass is 394 g/mol. The summed E-state index contributed by atoms with van der Waals surface area (Å²) in [6, 6.07) is 10.7. The first kappa shape index (κ1) is 18.1. The molecule has 2 aliphatic rings.